The lowest BCUT2D eigenvalue weighted by atomic mass is 10.1. The van der Waals surface area contributed by atoms with E-state index in [2.05, 4.69) is 5.32 Å². The van der Waals surface area contributed by atoms with E-state index in [9.17, 15) is 18.0 Å². The Kier molecular flexibility index (Phi) is 4.09. The van der Waals surface area contributed by atoms with Crippen LogP contribution in [0, 0.1) is 0 Å². The largest absolute Gasteiger partial charge is 0.416 e. The summed E-state index contributed by atoms with van der Waals surface area (Å²) in [6.45, 7) is 0. The number of benzene rings is 2. The molecule has 110 valence electrons. The van der Waals surface area contributed by atoms with E-state index in [0.717, 1.165) is 12.1 Å². The van der Waals surface area contributed by atoms with Gasteiger partial charge in [0, 0.05) is 11.3 Å². The number of hydrogen-bond acceptors (Lipinski definition) is 2. The Hall–Kier alpha value is -2.21. The van der Waals surface area contributed by atoms with Crippen molar-refractivity contribution in [2.24, 2.45) is 0 Å². The van der Waals surface area contributed by atoms with Crippen molar-refractivity contribution >= 4 is 28.9 Å². The predicted molar refractivity (Wildman–Crippen MR) is 75.3 cm³/mol. The minimum Gasteiger partial charge on any atom is -0.398 e. The normalized spacial score (nSPS) is 11.2. The number of nitrogens with one attached hydrogen (secondary N) is 1. The molecule has 2 rings (SSSR count). The van der Waals surface area contributed by atoms with Crippen molar-refractivity contribution in [2.75, 3.05) is 11.1 Å². The quantitative estimate of drug-likeness (QED) is 0.816. The van der Waals surface area contributed by atoms with Crippen LogP contribution in [0.25, 0.3) is 0 Å². The van der Waals surface area contributed by atoms with Gasteiger partial charge in [0.15, 0.2) is 0 Å². The molecule has 2 aromatic rings. The van der Waals surface area contributed by atoms with Crippen molar-refractivity contribution < 1.29 is 18.0 Å². The van der Waals surface area contributed by atoms with Gasteiger partial charge in [-0.05, 0) is 36.4 Å². The predicted octanol–water partition coefficient (Wildman–Crippen LogP) is 4.19. The van der Waals surface area contributed by atoms with Crippen molar-refractivity contribution in [3.8, 4) is 0 Å². The molecule has 0 aromatic heterocycles. The van der Waals surface area contributed by atoms with Gasteiger partial charge in [0.25, 0.3) is 5.91 Å². The minimum atomic E-state index is -4.47. The Bertz CT molecular complexity index is 686. The number of rotatable bonds is 2. The van der Waals surface area contributed by atoms with Crippen LogP contribution in [-0.4, -0.2) is 5.91 Å². The Balaban J connectivity index is 2.21. The maximum Gasteiger partial charge on any atom is 0.416 e. The van der Waals surface area contributed by atoms with Crippen LogP contribution in [0.5, 0.6) is 0 Å². The molecule has 0 spiro atoms. The molecule has 0 aliphatic rings. The second kappa shape index (κ2) is 5.65. The lowest BCUT2D eigenvalue weighted by Crippen LogP contribution is -2.13. The molecule has 0 radical (unpaired) electrons. The Morgan fingerprint density at radius 3 is 2.48 bits per heavy atom. The van der Waals surface area contributed by atoms with Crippen molar-refractivity contribution in [1.29, 1.82) is 0 Å². The molecule has 0 aliphatic carbocycles. The third kappa shape index (κ3) is 3.66. The molecule has 3 N–H and O–H groups in total. The number of carbonyl (C=O) groups excluding carboxylic acids is 1. The number of carbonyl (C=O) groups is 1. The zero-order valence-corrected chi connectivity index (χ0v) is 11.3. The first-order valence-corrected chi connectivity index (χ1v) is 6.19. The van der Waals surface area contributed by atoms with E-state index in [-0.39, 0.29) is 16.9 Å². The number of hydrogen-bond donors (Lipinski definition) is 2. The summed E-state index contributed by atoms with van der Waals surface area (Å²) in [5, 5.41) is 2.68. The first kappa shape index (κ1) is 15.2. The highest BCUT2D eigenvalue weighted by atomic mass is 35.5. The third-order valence-corrected chi connectivity index (χ3v) is 3.05. The number of halogens is 4. The molecule has 7 heteroatoms. The molecule has 21 heavy (non-hydrogen) atoms. The zero-order valence-electron chi connectivity index (χ0n) is 10.5. The first-order valence-electron chi connectivity index (χ1n) is 5.81. The molecule has 0 bridgehead atoms. The summed E-state index contributed by atoms with van der Waals surface area (Å²) < 4.78 is 37.7. The molecule has 0 atom stereocenters. The van der Waals surface area contributed by atoms with Gasteiger partial charge in [-0.15, -0.1) is 0 Å². The monoisotopic (exact) mass is 314 g/mol. The average Bonchev–Trinajstić information content (AvgIpc) is 2.41. The lowest BCUT2D eigenvalue weighted by molar-refractivity contribution is -0.137. The molecular weight excluding hydrogens is 305 g/mol. The molecule has 0 unspecified atom stereocenters. The topological polar surface area (TPSA) is 55.1 Å². The summed E-state index contributed by atoms with van der Waals surface area (Å²) >= 11 is 5.73. The van der Waals surface area contributed by atoms with E-state index in [4.69, 9.17) is 17.3 Å². The molecule has 0 saturated heterocycles. The SMILES string of the molecule is Nc1cc(C(=O)Nc2cccc(C(F)(F)F)c2)ccc1Cl. The lowest BCUT2D eigenvalue weighted by Gasteiger charge is -2.10. The van der Waals surface area contributed by atoms with Crippen LogP contribution in [0.3, 0.4) is 0 Å². The van der Waals surface area contributed by atoms with E-state index in [0.29, 0.717) is 5.02 Å². The standard InChI is InChI=1S/C14H10ClF3N2O/c15-11-5-4-8(6-12(11)19)13(21)20-10-3-1-2-9(7-10)14(16,17)18/h1-7H,19H2,(H,20,21). The van der Waals surface area contributed by atoms with Crippen LogP contribution in [0.15, 0.2) is 42.5 Å². The van der Waals surface area contributed by atoms with Crippen LogP contribution < -0.4 is 11.1 Å². The zero-order chi connectivity index (χ0) is 15.6. The Morgan fingerprint density at radius 1 is 1.14 bits per heavy atom. The average molecular weight is 315 g/mol. The smallest absolute Gasteiger partial charge is 0.398 e. The van der Waals surface area contributed by atoms with Gasteiger partial charge in [-0.2, -0.15) is 13.2 Å². The third-order valence-electron chi connectivity index (χ3n) is 2.71. The number of alkyl halides is 3. The second-order valence-corrected chi connectivity index (χ2v) is 4.68. The van der Waals surface area contributed by atoms with E-state index < -0.39 is 17.6 Å². The van der Waals surface area contributed by atoms with Gasteiger partial charge in [0.2, 0.25) is 0 Å². The van der Waals surface area contributed by atoms with Crippen LogP contribution in [0.2, 0.25) is 5.02 Å². The van der Waals surface area contributed by atoms with Crippen LogP contribution >= 0.6 is 11.6 Å². The number of nitrogen functional groups attached to an aromatic ring is 1. The molecule has 2 aromatic carbocycles. The molecular formula is C14H10ClF3N2O. The maximum atomic E-state index is 12.6. The highest BCUT2D eigenvalue weighted by molar-refractivity contribution is 6.33. The summed E-state index contributed by atoms with van der Waals surface area (Å²) in [6, 6.07) is 8.60. The van der Waals surface area contributed by atoms with Gasteiger partial charge >= 0.3 is 6.18 Å². The van der Waals surface area contributed by atoms with Crippen molar-refractivity contribution in [3.63, 3.8) is 0 Å². The number of amides is 1. The highest BCUT2D eigenvalue weighted by Crippen LogP contribution is 2.30. The Morgan fingerprint density at radius 2 is 1.86 bits per heavy atom. The molecule has 0 saturated carbocycles. The first-order chi connectivity index (χ1) is 9.77. The molecule has 1 amide bonds. The maximum absolute atomic E-state index is 12.6. The number of nitrogens with two attached hydrogens (primary N) is 1. The van der Waals surface area contributed by atoms with E-state index in [1.807, 2.05) is 0 Å². The van der Waals surface area contributed by atoms with E-state index >= 15 is 0 Å². The molecule has 0 fully saturated rings. The summed E-state index contributed by atoms with van der Waals surface area (Å²) in [5.41, 5.74) is 5.20. The van der Waals surface area contributed by atoms with Crippen LogP contribution in [-0.2, 0) is 6.18 Å². The fraction of sp³-hybridized carbons (Fsp3) is 0.0714. The minimum absolute atomic E-state index is 0.0448. The highest BCUT2D eigenvalue weighted by Gasteiger charge is 2.30. The van der Waals surface area contributed by atoms with Crippen LogP contribution in [0.1, 0.15) is 15.9 Å². The van der Waals surface area contributed by atoms with E-state index in [1.165, 1.54) is 30.3 Å². The summed E-state index contributed by atoms with van der Waals surface area (Å²) in [5.74, 6) is -0.572. The molecule has 3 nitrogen and oxygen atoms in total. The summed E-state index contributed by atoms with van der Waals surface area (Å²) in [4.78, 5) is 11.9. The fourth-order valence-corrected chi connectivity index (χ4v) is 1.78. The Labute approximate surface area is 123 Å². The summed E-state index contributed by atoms with van der Waals surface area (Å²) in [6.07, 6.45) is -4.47. The molecule has 0 aliphatic heterocycles. The fourth-order valence-electron chi connectivity index (χ4n) is 1.66. The van der Waals surface area contributed by atoms with Crippen LogP contribution in [0.4, 0.5) is 24.5 Å². The van der Waals surface area contributed by atoms with Gasteiger partial charge in [-0.3, -0.25) is 4.79 Å². The van der Waals surface area contributed by atoms with Gasteiger partial charge in [-0.25, -0.2) is 0 Å². The van der Waals surface area contributed by atoms with Crippen molar-refractivity contribution in [2.45, 2.75) is 6.18 Å². The van der Waals surface area contributed by atoms with Gasteiger partial charge in [-0.1, -0.05) is 17.7 Å². The van der Waals surface area contributed by atoms with Crippen molar-refractivity contribution in [1.82, 2.24) is 0 Å². The second-order valence-electron chi connectivity index (χ2n) is 4.27. The van der Waals surface area contributed by atoms with E-state index in [1.54, 1.807) is 0 Å². The summed E-state index contributed by atoms with van der Waals surface area (Å²) in [7, 11) is 0. The van der Waals surface area contributed by atoms with Gasteiger partial charge in [0.05, 0.1) is 16.3 Å². The number of anilines is 2. The van der Waals surface area contributed by atoms with Crippen molar-refractivity contribution in [3.05, 3.63) is 58.6 Å². The van der Waals surface area contributed by atoms with Gasteiger partial charge < -0.3 is 11.1 Å². The van der Waals surface area contributed by atoms with Gasteiger partial charge in [0.1, 0.15) is 0 Å². The molecule has 0 heterocycles.